The van der Waals surface area contributed by atoms with Gasteiger partial charge in [-0.2, -0.15) is 0 Å². The maximum Gasteiger partial charge on any atom is 0.161 e. The molecule has 0 radical (unpaired) electrons. The molecule has 0 aliphatic carbocycles. The van der Waals surface area contributed by atoms with Crippen LogP contribution in [0.15, 0.2) is 42.5 Å². The molecule has 0 atom stereocenters. The summed E-state index contributed by atoms with van der Waals surface area (Å²) in [5.41, 5.74) is 2.26. The van der Waals surface area contributed by atoms with Crippen molar-refractivity contribution in [2.75, 3.05) is 13.2 Å². The highest BCUT2D eigenvalue weighted by Gasteiger charge is 2.06. The molecule has 0 aliphatic heterocycles. The molecule has 0 fully saturated rings. The van der Waals surface area contributed by atoms with E-state index in [-0.39, 0.29) is 0 Å². The Labute approximate surface area is 143 Å². The van der Waals surface area contributed by atoms with E-state index in [1.54, 1.807) is 0 Å². The van der Waals surface area contributed by atoms with Gasteiger partial charge in [-0.15, -0.1) is 0 Å². The first-order chi connectivity index (χ1) is 11.2. The largest absolute Gasteiger partial charge is 0.490 e. The van der Waals surface area contributed by atoms with Gasteiger partial charge in [-0.05, 0) is 42.7 Å². The Morgan fingerprint density at radius 2 is 1.78 bits per heavy atom. The zero-order valence-corrected chi connectivity index (χ0v) is 14.5. The lowest BCUT2D eigenvalue weighted by atomic mass is 10.2. The van der Waals surface area contributed by atoms with Gasteiger partial charge in [0, 0.05) is 18.1 Å². The third-order valence-corrected chi connectivity index (χ3v) is 3.74. The van der Waals surface area contributed by atoms with Gasteiger partial charge in [-0.3, -0.25) is 0 Å². The lowest BCUT2D eigenvalue weighted by Crippen LogP contribution is -2.13. The van der Waals surface area contributed by atoms with E-state index in [1.807, 2.05) is 43.3 Å². The molecular formula is C19H24ClNO2. The van der Waals surface area contributed by atoms with Crippen molar-refractivity contribution in [2.45, 2.75) is 33.4 Å². The maximum absolute atomic E-state index is 6.17. The first-order valence-electron chi connectivity index (χ1n) is 8.07. The third-order valence-electron chi connectivity index (χ3n) is 3.37. The topological polar surface area (TPSA) is 30.5 Å². The predicted molar refractivity (Wildman–Crippen MR) is 95.4 cm³/mol. The quantitative estimate of drug-likeness (QED) is 0.713. The second kappa shape index (κ2) is 9.43. The predicted octanol–water partition coefficient (Wildman–Crippen LogP) is 4.82. The fourth-order valence-corrected chi connectivity index (χ4v) is 2.45. The summed E-state index contributed by atoms with van der Waals surface area (Å²) in [6, 6.07) is 14.0. The summed E-state index contributed by atoms with van der Waals surface area (Å²) in [4.78, 5) is 0. The molecule has 0 saturated heterocycles. The summed E-state index contributed by atoms with van der Waals surface area (Å²) in [5.74, 6) is 1.61. The Kier molecular flexibility index (Phi) is 7.24. The molecule has 0 amide bonds. The van der Waals surface area contributed by atoms with Crippen LogP contribution in [0, 0.1) is 0 Å². The maximum atomic E-state index is 6.17. The summed E-state index contributed by atoms with van der Waals surface area (Å²) < 4.78 is 11.4. The average Bonchev–Trinajstić information content (AvgIpc) is 2.56. The monoisotopic (exact) mass is 333 g/mol. The molecule has 0 heterocycles. The molecule has 0 bridgehead atoms. The molecule has 1 N–H and O–H groups in total. The van der Waals surface area contributed by atoms with Crippen molar-refractivity contribution in [1.82, 2.24) is 5.32 Å². The second-order valence-corrected chi connectivity index (χ2v) is 5.66. The van der Waals surface area contributed by atoms with Gasteiger partial charge in [0.1, 0.15) is 0 Å². The SMILES string of the molecule is CCCOc1ccc(CNCc2ccccc2Cl)cc1OCC. The molecule has 2 rings (SSSR count). The highest BCUT2D eigenvalue weighted by Crippen LogP contribution is 2.28. The van der Waals surface area contributed by atoms with Gasteiger partial charge < -0.3 is 14.8 Å². The van der Waals surface area contributed by atoms with E-state index < -0.39 is 0 Å². The number of benzene rings is 2. The van der Waals surface area contributed by atoms with Gasteiger partial charge in [0.05, 0.1) is 13.2 Å². The first-order valence-corrected chi connectivity index (χ1v) is 8.45. The molecule has 2 aromatic rings. The minimum absolute atomic E-state index is 0.624. The number of ether oxygens (including phenoxy) is 2. The van der Waals surface area contributed by atoms with E-state index in [0.717, 1.165) is 47.2 Å². The van der Waals surface area contributed by atoms with Crippen molar-refractivity contribution in [1.29, 1.82) is 0 Å². The fourth-order valence-electron chi connectivity index (χ4n) is 2.25. The number of hydrogen-bond donors (Lipinski definition) is 1. The summed E-state index contributed by atoms with van der Waals surface area (Å²) in [5, 5.41) is 4.20. The van der Waals surface area contributed by atoms with Gasteiger partial charge in [-0.1, -0.05) is 42.8 Å². The standard InChI is InChI=1S/C19H24ClNO2/c1-3-11-23-18-10-9-15(12-19(18)22-4-2)13-21-14-16-7-5-6-8-17(16)20/h5-10,12,21H,3-4,11,13-14H2,1-2H3. The molecule has 0 saturated carbocycles. The van der Waals surface area contributed by atoms with Crippen LogP contribution in [0.5, 0.6) is 11.5 Å². The van der Waals surface area contributed by atoms with Crippen LogP contribution in [0.2, 0.25) is 5.02 Å². The Morgan fingerprint density at radius 1 is 0.957 bits per heavy atom. The Bertz CT molecular complexity index is 616. The fraction of sp³-hybridized carbons (Fsp3) is 0.368. The van der Waals surface area contributed by atoms with E-state index in [1.165, 1.54) is 0 Å². The molecule has 0 unspecified atom stereocenters. The highest BCUT2D eigenvalue weighted by atomic mass is 35.5. The van der Waals surface area contributed by atoms with Crippen LogP contribution in [0.3, 0.4) is 0 Å². The third kappa shape index (κ3) is 5.45. The Balaban J connectivity index is 1.97. The molecule has 0 spiro atoms. The number of rotatable bonds is 9. The molecule has 0 aliphatic rings. The van der Waals surface area contributed by atoms with E-state index in [2.05, 4.69) is 18.3 Å². The van der Waals surface area contributed by atoms with Crippen molar-refractivity contribution in [3.63, 3.8) is 0 Å². The van der Waals surface area contributed by atoms with E-state index >= 15 is 0 Å². The molecule has 2 aromatic carbocycles. The molecule has 3 nitrogen and oxygen atoms in total. The highest BCUT2D eigenvalue weighted by molar-refractivity contribution is 6.31. The zero-order chi connectivity index (χ0) is 16.5. The lowest BCUT2D eigenvalue weighted by molar-refractivity contribution is 0.276. The minimum Gasteiger partial charge on any atom is -0.490 e. The van der Waals surface area contributed by atoms with Crippen LogP contribution in [0.25, 0.3) is 0 Å². The number of nitrogens with one attached hydrogen (secondary N) is 1. The first kappa shape index (κ1) is 17.6. The van der Waals surface area contributed by atoms with Gasteiger partial charge in [-0.25, -0.2) is 0 Å². The van der Waals surface area contributed by atoms with Crippen LogP contribution in [0.4, 0.5) is 0 Å². The summed E-state index contributed by atoms with van der Waals surface area (Å²) >= 11 is 6.17. The van der Waals surface area contributed by atoms with E-state index in [4.69, 9.17) is 21.1 Å². The summed E-state index contributed by atoms with van der Waals surface area (Å²) in [6.45, 7) is 6.87. The molecule has 124 valence electrons. The smallest absolute Gasteiger partial charge is 0.161 e. The second-order valence-electron chi connectivity index (χ2n) is 5.26. The van der Waals surface area contributed by atoms with Gasteiger partial charge in [0.25, 0.3) is 0 Å². The number of halogens is 1. The zero-order valence-electron chi connectivity index (χ0n) is 13.8. The summed E-state index contributed by atoms with van der Waals surface area (Å²) in [6.07, 6.45) is 0.979. The van der Waals surface area contributed by atoms with Gasteiger partial charge in [0.2, 0.25) is 0 Å². The normalized spacial score (nSPS) is 10.6. The Hall–Kier alpha value is -1.71. The Morgan fingerprint density at radius 3 is 2.52 bits per heavy atom. The molecule has 0 aromatic heterocycles. The molecule has 23 heavy (non-hydrogen) atoms. The average molecular weight is 334 g/mol. The van der Waals surface area contributed by atoms with Crippen LogP contribution >= 0.6 is 11.6 Å². The number of hydrogen-bond acceptors (Lipinski definition) is 3. The van der Waals surface area contributed by atoms with Gasteiger partial charge in [0.15, 0.2) is 11.5 Å². The van der Waals surface area contributed by atoms with Gasteiger partial charge >= 0.3 is 0 Å². The van der Waals surface area contributed by atoms with Crippen molar-refractivity contribution < 1.29 is 9.47 Å². The lowest BCUT2D eigenvalue weighted by Gasteiger charge is -2.13. The van der Waals surface area contributed by atoms with Crippen molar-refractivity contribution in [2.24, 2.45) is 0 Å². The van der Waals surface area contributed by atoms with Crippen molar-refractivity contribution in [3.8, 4) is 11.5 Å². The van der Waals surface area contributed by atoms with Crippen LogP contribution in [-0.4, -0.2) is 13.2 Å². The van der Waals surface area contributed by atoms with Crippen LogP contribution in [-0.2, 0) is 13.1 Å². The molecule has 4 heteroatoms. The van der Waals surface area contributed by atoms with Crippen molar-refractivity contribution in [3.05, 3.63) is 58.6 Å². The van der Waals surface area contributed by atoms with Crippen LogP contribution < -0.4 is 14.8 Å². The van der Waals surface area contributed by atoms with E-state index in [0.29, 0.717) is 13.2 Å². The van der Waals surface area contributed by atoms with Crippen LogP contribution in [0.1, 0.15) is 31.4 Å². The molecular weight excluding hydrogens is 310 g/mol. The minimum atomic E-state index is 0.624. The summed E-state index contributed by atoms with van der Waals surface area (Å²) in [7, 11) is 0. The van der Waals surface area contributed by atoms with Crippen molar-refractivity contribution >= 4 is 11.6 Å². The van der Waals surface area contributed by atoms with E-state index in [9.17, 15) is 0 Å².